The van der Waals surface area contributed by atoms with Crippen molar-refractivity contribution in [2.24, 2.45) is 5.73 Å². The number of rotatable bonds is 6. The van der Waals surface area contributed by atoms with Crippen LogP contribution in [0.1, 0.15) is 63.4 Å². The highest BCUT2D eigenvalue weighted by Crippen LogP contribution is 2.30. The molecule has 0 radical (unpaired) electrons. The zero-order valence-corrected chi connectivity index (χ0v) is 15.2. The van der Waals surface area contributed by atoms with Gasteiger partial charge >= 0.3 is 0 Å². The van der Waals surface area contributed by atoms with Gasteiger partial charge in [0.25, 0.3) is 0 Å². The number of methoxy groups -OCH3 is 1. The first-order chi connectivity index (χ1) is 12.1. The number of benzene rings is 1. The summed E-state index contributed by atoms with van der Waals surface area (Å²) in [6, 6.07) is 5.79. The van der Waals surface area contributed by atoms with Crippen LogP contribution < -0.4 is 20.5 Å². The first-order valence-electron chi connectivity index (χ1n) is 9.51. The Bertz CT molecular complexity index is 591. The van der Waals surface area contributed by atoms with E-state index in [9.17, 15) is 4.79 Å². The van der Waals surface area contributed by atoms with E-state index in [2.05, 4.69) is 5.32 Å². The lowest BCUT2D eigenvalue weighted by Crippen LogP contribution is -2.54. The van der Waals surface area contributed by atoms with Gasteiger partial charge in [-0.3, -0.25) is 4.79 Å². The number of hydrogen-bond donors (Lipinski definition) is 2. The second kappa shape index (κ2) is 8.09. The second-order valence-electron chi connectivity index (χ2n) is 7.40. The van der Waals surface area contributed by atoms with E-state index in [0.29, 0.717) is 6.54 Å². The molecule has 0 saturated heterocycles. The van der Waals surface area contributed by atoms with Crippen molar-refractivity contribution in [3.63, 3.8) is 0 Å². The summed E-state index contributed by atoms with van der Waals surface area (Å²) in [5.41, 5.74) is 6.58. The van der Waals surface area contributed by atoms with E-state index in [-0.39, 0.29) is 12.0 Å². The molecule has 0 spiro atoms. The predicted octanol–water partition coefficient (Wildman–Crippen LogP) is 3.29. The molecule has 2 fully saturated rings. The zero-order chi connectivity index (χ0) is 17.7. The highest BCUT2D eigenvalue weighted by molar-refractivity contribution is 5.86. The fourth-order valence-corrected chi connectivity index (χ4v) is 3.86. The van der Waals surface area contributed by atoms with Gasteiger partial charge in [0.05, 0.1) is 18.8 Å². The van der Waals surface area contributed by atoms with Crippen LogP contribution >= 0.6 is 0 Å². The molecule has 0 atom stereocenters. The maximum atomic E-state index is 12.6. The molecule has 5 nitrogen and oxygen atoms in total. The molecule has 1 amide bonds. The number of nitrogens with one attached hydrogen (secondary N) is 1. The summed E-state index contributed by atoms with van der Waals surface area (Å²) in [5.74, 6) is 1.53. The molecule has 2 saturated carbocycles. The number of amides is 1. The Labute approximate surface area is 150 Å². The minimum Gasteiger partial charge on any atom is -0.497 e. The summed E-state index contributed by atoms with van der Waals surface area (Å²) >= 11 is 0. The molecule has 0 aliphatic heterocycles. The van der Waals surface area contributed by atoms with E-state index >= 15 is 0 Å². The van der Waals surface area contributed by atoms with Crippen LogP contribution in [-0.2, 0) is 11.3 Å². The Balaban J connectivity index is 1.67. The van der Waals surface area contributed by atoms with Gasteiger partial charge < -0.3 is 20.5 Å². The van der Waals surface area contributed by atoms with Crippen molar-refractivity contribution < 1.29 is 14.3 Å². The van der Waals surface area contributed by atoms with Crippen LogP contribution in [0.2, 0.25) is 0 Å². The first-order valence-corrected chi connectivity index (χ1v) is 9.51. The Morgan fingerprint density at radius 3 is 2.60 bits per heavy atom. The fourth-order valence-electron chi connectivity index (χ4n) is 3.86. The van der Waals surface area contributed by atoms with E-state index < -0.39 is 5.54 Å². The molecular formula is C20H30N2O3. The summed E-state index contributed by atoms with van der Waals surface area (Å²) in [7, 11) is 1.65. The van der Waals surface area contributed by atoms with Gasteiger partial charge in [-0.15, -0.1) is 0 Å². The van der Waals surface area contributed by atoms with Crippen LogP contribution in [0.5, 0.6) is 11.5 Å². The third kappa shape index (κ3) is 4.46. The molecule has 1 aromatic rings. The van der Waals surface area contributed by atoms with E-state index in [0.717, 1.165) is 55.6 Å². The summed E-state index contributed by atoms with van der Waals surface area (Å²) in [6.07, 6.45) is 9.66. The van der Waals surface area contributed by atoms with Gasteiger partial charge in [-0.1, -0.05) is 19.3 Å². The first kappa shape index (κ1) is 18.1. The minimum absolute atomic E-state index is 0.0464. The van der Waals surface area contributed by atoms with Gasteiger partial charge in [0.15, 0.2) is 0 Å². The highest BCUT2D eigenvalue weighted by Gasteiger charge is 2.35. The average molecular weight is 346 g/mol. The van der Waals surface area contributed by atoms with Crippen LogP contribution in [0.25, 0.3) is 0 Å². The Hall–Kier alpha value is -1.75. The number of carbonyl (C=O) groups is 1. The molecule has 0 unspecified atom stereocenters. The van der Waals surface area contributed by atoms with Gasteiger partial charge in [-0.2, -0.15) is 0 Å². The van der Waals surface area contributed by atoms with E-state index in [1.54, 1.807) is 7.11 Å². The molecule has 2 aliphatic carbocycles. The molecule has 2 aliphatic rings. The van der Waals surface area contributed by atoms with Crippen molar-refractivity contribution in [2.45, 2.75) is 76.0 Å². The highest BCUT2D eigenvalue weighted by atomic mass is 16.5. The molecular weight excluding hydrogens is 316 g/mol. The fraction of sp³-hybridized carbons (Fsp3) is 0.650. The van der Waals surface area contributed by atoms with Gasteiger partial charge in [0.1, 0.15) is 11.5 Å². The third-order valence-electron chi connectivity index (χ3n) is 5.51. The summed E-state index contributed by atoms with van der Waals surface area (Å²) < 4.78 is 11.5. The Morgan fingerprint density at radius 1 is 1.20 bits per heavy atom. The Morgan fingerprint density at radius 2 is 1.92 bits per heavy atom. The largest absolute Gasteiger partial charge is 0.497 e. The van der Waals surface area contributed by atoms with Crippen molar-refractivity contribution in [1.82, 2.24) is 5.32 Å². The molecule has 138 valence electrons. The van der Waals surface area contributed by atoms with Crippen LogP contribution in [0.3, 0.4) is 0 Å². The van der Waals surface area contributed by atoms with Crippen molar-refractivity contribution >= 4 is 5.91 Å². The number of nitrogens with two attached hydrogens (primary N) is 1. The van der Waals surface area contributed by atoms with E-state index in [1.807, 2.05) is 18.2 Å². The molecule has 0 aromatic heterocycles. The number of hydrogen-bond acceptors (Lipinski definition) is 4. The Kier molecular flexibility index (Phi) is 5.84. The lowest BCUT2D eigenvalue weighted by Gasteiger charge is -2.32. The van der Waals surface area contributed by atoms with Gasteiger partial charge in [-0.25, -0.2) is 0 Å². The topological polar surface area (TPSA) is 73.6 Å². The smallest absolute Gasteiger partial charge is 0.240 e. The maximum Gasteiger partial charge on any atom is 0.240 e. The van der Waals surface area contributed by atoms with Crippen molar-refractivity contribution in [2.75, 3.05) is 7.11 Å². The molecule has 3 rings (SSSR count). The molecule has 5 heteroatoms. The van der Waals surface area contributed by atoms with E-state index in [4.69, 9.17) is 15.2 Å². The quantitative estimate of drug-likeness (QED) is 0.829. The van der Waals surface area contributed by atoms with Gasteiger partial charge in [0, 0.05) is 18.2 Å². The van der Waals surface area contributed by atoms with Crippen molar-refractivity contribution in [3.8, 4) is 11.5 Å². The zero-order valence-electron chi connectivity index (χ0n) is 15.2. The van der Waals surface area contributed by atoms with Crippen LogP contribution in [0.15, 0.2) is 18.2 Å². The monoisotopic (exact) mass is 346 g/mol. The lowest BCUT2D eigenvalue weighted by atomic mass is 9.82. The normalized spacial score (nSPS) is 20.2. The van der Waals surface area contributed by atoms with Crippen LogP contribution in [-0.4, -0.2) is 24.7 Å². The second-order valence-corrected chi connectivity index (χ2v) is 7.40. The predicted molar refractivity (Wildman–Crippen MR) is 97.7 cm³/mol. The average Bonchev–Trinajstić information content (AvgIpc) is 3.14. The minimum atomic E-state index is -0.711. The molecule has 1 aromatic carbocycles. The van der Waals surface area contributed by atoms with Gasteiger partial charge in [-0.05, 0) is 50.7 Å². The SMILES string of the molecule is COc1ccc(CNC(=O)C2(N)CCCCC2)c(OC2CCCC2)c1. The van der Waals surface area contributed by atoms with Crippen molar-refractivity contribution in [1.29, 1.82) is 0 Å². The molecule has 25 heavy (non-hydrogen) atoms. The van der Waals surface area contributed by atoms with Crippen LogP contribution in [0.4, 0.5) is 0 Å². The molecule has 0 bridgehead atoms. The molecule has 0 heterocycles. The summed E-state index contributed by atoms with van der Waals surface area (Å²) in [5, 5.41) is 3.03. The maximum absolute atomic E-state index is 12.6. The van der Waals surface area contributed by atoms with Crippen LogP contribution in [0, 0.1) is 0 Å². The van der Waals surface area contributed by atoms with E-state index in [1.165, 1.54) is 19.3 Å². The number of ether oxygens (including phenoxy) is 2. The van der Waals surface area contributed by atoms with Crippen molar-refractivity contribution in [3.05, 3.63) is 23.8 Å². The molecule has 3 N–H and O–H groups in total. The standard InChI is InChI=1S/C20H30N2O3/c1-24-17-10-9-15(18(13-17)25-16-7-3-4-8-16)14-22-19(23)20(21)11-5-2-6-12-20/h9-10,13,16H,2-8,11-12,14,21H2,1H3,(H,22,23). The lowest BCUT2D eigenvalue weighted by molar-refractivity contribution is -0.127. The van der Waals surface area contributed by atoms with Gasteiger partial charge in [0.2, 0.25) is 5.91 Å². The third-order valence-corrected chi connectivity index (χ3v) is 5.51. The summed E-state index contributed by atoms with van der Waals surface area (Å²) in [4.78, 5) is 12.6. The number of carbonyl (C=O) groups excluding carboxylic acids is 1. The summed E-state index contributed by atoms with van der Waals surface area (Å²) in [6.45, 7) is 0.434.